The molecule has 1 aromatic heterocycles. The predicted molar refractivity (Wildman–Crippen MR) is 93.3 cm³/mol. The van der Waals surface area contributed by atoms with Crippen molar-refractivity contribution in [3.05, 3.63) is 48.0 Å². The summed E-state index contributed by atoms with van der Waals surface area (Å²) in [5.41, 5.74) is 7.81. The predicted octanol–water partition coefficient (Wildman–Crippen LogP) is 3.49. The maximum Gasteiger partial charge on any atom is 0.253 e. The zero-order valence-corrected chi connectivity index (χ0v) is 14.0. The molecule has 0 fully saturated rings. The number of carbonyl (C=O) groups is 1. The van der Waals surface area contributed by atoms with Gasteiger partial charge in [-0.05, 0) is 24.1 Å². The lowest BCUT2D eigenvalue weighted by Gasteiger charge is -2.16. The summed E-state index contributed by atoms with van der Waals surface area (Å²) >= 11 is 0. The minimum atomic E-state index is -0.298. The number of nitrogens with two attached hydrogens (primary N) is 1. The molecule has 1 amide bonds. The minimum Gasteiger partial charge on any atom is -0.366 e. The van der Waals surface area contributed by atoms with Gasteiger partial charge in [-0.15, -0.1) is 12.4 Å². The Kier molecular flexibility index (Phi) is 7.78. The molecule has 0 aliphatic carbocycles. The van der Waals surface area contributed by atoms with Gasteiger partial charge < -0.3 is 16.0 Å². The Morgan fingerprint density at radius 1 is 1.30 bits per heavy atom. The number of carbonyl (C=O) groups excluding carboxylic acids is 1. The van der Waals surface area contributed by atoms with Crippen molar-refractivity contribution in [3.8, 4) is 11.1 Å². The molecule has 2 rings (SSSR count). The van der Waals surface area contributed by atoms with Crippen molar-refractivity contribution in [2.45, 2.75) is 32.2 Å². The van der Waals surface area contributed by atoms with Crippen molar-refractivity contribution in [1.82, 2.24) is 10.3 Å². The highest BCUT2D eigenvalue weighted by molar-refractivity contribution is 6.00. The molecular weight excluding hydrogens is 317 g/mol. The second-order valence-corrected chi connectivity index (χ2v) is 5.34. The number of unbranched alkanes of at least 4 members (excludes halogenated alkanes) is 1. The fourth-order valence-corrected chi connectivity index (χ4v) is 2.38. The summed E-state index contributed by atoms with van der Waals surface area (Å²) in [5, 5.41) is 2.97. The second-order valence-electron chi connectivity index (χ2n) is 5.34. The smallest absolute Gasteiger partial charge is 0.253 e. The van der Waals surface area contributed by atoms with Gasteiger partial charge in [-0.3, -0.25) is 4.79 Å². The Morgan fingerprint density at radius 2 is 2.00 bits per heavy atom. The summed E-state index contributed by atoms with van der Waals surface area (Å²) in [4.78, 5) is 15.4. The van der Waals surface area contributed by atoms with Gasteiger partial charge in [0.1, 0.15) is 5.82 Å². The summed E-state index contributed by atoms with van der Waals surface area (Å²) in [7, 11) is 0. The number of aromatic amines is 1. The number of H-pyrrole nitrogens is 1. The molecule has 4 N–H and O–H groups in total. The summed E-state index contributed by atoms with van der Waals surface area (Å²) in [6, 6.07) is 6.06. The first-order chi connectivity index (χ1) is 10.7. The molecule has 2 aromatic rings. The van der Waals surface area contributed by atoms with Crippen molar-refractivity contribution in [3.63, 3.8) is 0 Å². The number of hydrogen-bond acceptors (Lipinski definition) is 2. The van der Waals surface area contributed by atoms with Gasteiger partial charge in [0.25, 0.3) is 5.91 Å². The molecule has 0 saturated heterocycles. The third kappa shape index (κ3) is 5.08. The average molecular weight is 340 g/mol. The van der Waals surface area contributed by atoms with Gasteiger partial charge in [-0.2, -0.15) is 0 Å². The van der Waals surface area contributed by atoms with Crippen LogP contribution in [0.5, 0.6) is 0 Å². The van der Waals surface area contributed by atoms with Crippen LogP contribution in [-0.4, -0.2) is 23.5 Å². The van der Waals surface area contributed by atoms with Gasteiger partial charge in [0.05, 0.1) is 5.56 Å². The molecule has 0 spiro atoms. The minimum absolute atomic E-state index is 0. The van der Waals surface area contributed by atoms with Crippen LogP contribution >= 0.6 is 12.4 Å². The molecule has 1 aromatic carbocycles. The van der Waals surface area contributed by atoms with E-state index in [1.54, 1.807) is 24.5 Å². The van der Waals surface area contributed by atoms with E-state index in [1.165, 1.54) is 12.1 Å². The fourth-order valence-electron chi connectivity index (χ4n) is 2.38. The third-order valence-electron chi connectivity index (χ3n) is 3.67. The zero-order chi connectivity index (χ0) is 15.9. The Labute approximate surface area is 142 Å². The highest BCUT2D eigenvalue weighted by atomic mass is 35.5. The lowest BCUT2D eigenvalue weighted by Crippen LogP contribution is -2.40. The Hall–Kier alpha value is -1.85. The van der Waals surface area contributed by atoms with E-state index in [4.69, 9.17) is 5.73 Å². The van der Waals surface area contributed by atoms with E-state index >= 15 is 0 Å². The molecular formula is C17H23ClFN3O. The van der Waals surface area contributed by atoms with E-state index in [0.29, 0.717) is 12.1 Å². The van der Waals surface area contributed by atoms with Gasteiger partial charge in [0, 0.05) is 30.5 Å². The highest BCUT2D eigenvalue weighted by Gasteiger charge is 2.17. The molecule has 0 radical (unpaired) electrons. The van der Waals surface area contributed by atoms with Crippen LogP contribution in [0.25, 0.3) is 11.1 Å². The van der Waals surface area contributed by atoms with E-state index in [0.717, 1.165) is 30.4 Å². The van der Waals surface area contributed by atoms with E-state index in [1.807, 2.05) is 0 Å². The Morgan fingerprint density at radius 3 is 2.61 bits per heavy atom. The van der Waals surface area contributed by atoms with Crippen LogP contribution in [-0.2, 0) is 0 Å². The van der Waals surface area contributed by atoms with Crippen molar-refractivity contribution < 1.29 is 9.18 Å². The lowest BCUT2D eigenvalue weighted by atomic mass is 10.0. The third-order valence-corrected chi connectivity index (χ3v) is 3.67. The van der Waals surface area contributed by atoms with Crippen molar-refractivity contribution >= 4 is 18.3 Å². The molecule has 0 aliphatic rings. The number of hydrogen-bond donors (Lipinski definition) is 3. The standard InChI is InChI=1S/C17H22FN3O.ClH/c1-2-3-4-14(9-19)21-17(22)16-11-20-10-15(16)12-5-7-13(18)8-6-12;/h5-8,10-11,14,20H,2-4,9,19H2,1H3,(H,21,22);1H. The average Bonchev–Trinajstić information content (AvgIpc) is 3.01. The molecule has 0 saturated carbocycles. The second kappa shape index (κ2) is 9.33. The number of halogens is 2. The summed E-state index contributed by atoms with van der Waals surface area (Å²) in [6.45, 7) is 2.52. The van der Waals surface area contributed by atoms with Crippen LogP contribution in [0, 0.1) is 5.82 Å². The van der Waals surface area contributed by atoms with Crippen molar-refractivity contribution in [2.24, 2.45) is 5.73 Å². The monoisotopic (exact) mass is 339 g/mol. The molecule has 6 heteroatoms. The quantitative estimate of drug-likeness (QED) is 0.722. The van der Waals surface area contributed by atoms with Crippen molar-refractivity contribution in [1.29, 1.82) is 0 Å². The molecule has 0 bridgehead atoms. The highest BCUT2D eigenvalue weighted by Crippen LogP contribution is 2.23. The molecule has 1 heterocycles. The van der Waals surface area contributed by atoms with Gasteiger partial charge in [0.2, 0.25) is 0 Å². The van der Waals surface area contributed by atoms with E-state index < -0.39 is 0 Å². The number of nitrogens with one attached hydrogen (secondary N) is 2. The molecule has 1 atom stereocenters. The largest absolute Gasteiger partial charge is 0.366 e. The molecule has 0 aliphatic heterocycles. The first kappa shape index (κ1) is 19.2. The zero-order valence-electron chi connectivity index (χ0n) is 13.1. The summed E-state index contributed by atoms with van der Waals surface area (Å²) < 4.78 is 13.0. The fraction of sp³-hybridized carbons (Fsp3) is 0.353. The van der Waals surface area contributed by atoms with Crippen LogP contribution in [0.4, 0.5) is 4.39 Å². The van der Waals surface area contributed by atoms with Gasteiger partial charge in [-0.25, -0.2) is 4.39 Å². The molecule has 23 heavy (non-hydrogen) atoms. The maximum absolute atomic E-state index is 13.0. The molecule has 126 valence electrons. The number of rotatable bonds is 7. The van der Waals surface area contributed by atoms with Crippen LogP contribution < -0.4 is 11.1 Å². The van der Waals surface area contributed by atoms with E-state index in [-0.39, 0.29) is 30.2 Å². The summed E-state index contributed by atoms with van der Waals surface area (Å²) in [5.74, 6) is -0.458. The number of aromatic nitrogens is 1. The molecule has 1 unspecified atom stereocenters. The topological polar surface area (TPSA) is 70.9 Å². The van der Waals surface area contributed by atoms with Crippen molar-refractivity contribution in [2.75, 3.05) is 6.54 Å². The number of amides is 1. The first-order valence-corrected chi connectivity index (χ1v) is 7.59. The van der Waals surface area contributed by atoms with Crippen LogP contribution in [0.15, 0.2) is 36.7 Å². The lowest BCUT2D eigenvalue weighted by molar-refractivity contribution is 0.0936. The molecule has 4 nitrogen and oxygen atoms in total. The van der Waals surface area contributed by atoms with E-state index in [9.17, 15) is 9.18 Å². The SMILES string of the molecule is CCCCC(CN)NC(=O)c1c[nH]cc1-c1ccc(F)cc1.Cl. The number of benzene rings is 1. The van der Waals surface area contributed by atoms with Gasteiger partial charge >= 0.3 is 0 Å². The van der Waals surface area contributed by atoms with Crippen LogP contribution in [0.1, 0.15) is 36.5 Å². The van der Waals surface area contributed by atoms with Gasteiger partial charge in [0.15, 0.2) is 0 Å². The van der Waals surface area contributed by atoms with E-state index in [2.05, 4.69) is 17.2 Å². The Bertz CT molecular complexity index is 613. The van der Waals surface area contributed by atoms with Gasteiger partial charge in [-0.1, -0.05) is 31.9 Å². The maximum atomic E-state index is 13.0. The normalized spacial score (nSPS) is 11.6. The van der Waals surface area contributed by atoms with Crippen LogP contribution in [0.2, 0.25) is 0 Å². The Balaban J connectivity index is 0.00000264. The van der Waals surface area contributed by atoms with Crippen LogP contribution in [0.3, 0.4) is 0 Å². The first-order valence-electron chi connectivity index (χ1n) is 7.59. The summed E-state index contributed by atoms with van der Waals surface area (Å²) in [6.07, 6.45) is 6.36.